The Morgan fingerprint density at radius 3 is 3.00 bits per heavy atom. The fraction of sp³-hybridized carbons (Fsp3) is 0.500. The molecular formula is C20H25ClN6O3. The molecule has 2 saturated heterocycles. The lowest BCUT2D eigenvalue weighted by Gasteiger charge is -2.23. The van der Waals surface area contributed by atoms with Gasteiger partial charge in [0.25, 0.3) is 0 Å². The topological polar surface area (TPSA) is 110 Å². The highest BCUT2D eigenvalue weighted by molar-refractivity contribution is 6.33. The van der Waals surface area contributed by atoms with Crippen molar-refractivity contribution in [1.29, 1.82) is 0 Å². The molecule has 0 spiro atoms. The lowest BCUT2D eigenvalue weighted by molar-refractivity contribution is -0.120. The van der Waals surface area contributed by atoms with Crippen LogP contribution in [0.5, 0.6) is 0 Å². The van der Waals surface area contributed by atoms with Crippen molar-refractivity contribution in [2.75, 3.05) is 50.1 Å². The van der Waals surface area contributed by atoms with Crippen molar-refractivity contribution in [3.8, 4) is 11.3 Å². The van der Waals surface area contributed by atoms with Gasteiger partial charge in [-0.05, 0) is 25.5 Å². The van der Waals surface area contributed by atoms with E-state index in [0.717, 1.165) is 19.4 Å². The summed E-state index contributed by atoms with van der Waals surface area (Å²) in [6, 6.07) is 1.72. The molecule has 0 bridgehead atoms. The average molecular weight is 433 g/mol. The molecule has 4 heterocycles. The summed E-state index contributed by atoms with van der Waals surface area (Å²) in [5.74, 6) is 0.948. The van der Waals surface area contributed by atoms with Crippen LogP contribution in [0.15, 0.2) is 24.7 Å². The van der Waals surface area contributed by atoms with Crippen LogP contribution in [0.4, 0.5) is 11.6 Å². The first kappa shape index (κ1) is 20.9. The summed E-state index contributed by atoms with van der Waals surface area (Å²) in [6.45, 7) is 3.98. The van der Waals surface area contributed by atoms with E-state index in [9.17, 15) is 4.79 Å². The van der Waals surface area contributed by atoms with Gasteiger partial charge < -0.3 is 25.4 Å². The van der Waals surface area contributed by atoms with Gasteiger partial charge in [0.2, 0.25) is 5.91 Å². The highest BCUT2D eigenvalue weighted by atomic mass is 35.5. The molecule has 2 aliphatic rings. The fourth-order valence-corrected chi connectivity index (χ4v) is 3.66. The Morgan fingerprint density at radius 2 is 2.20 bits per heavy atom. The van der Waals surface area contributed by atoms with E-state index in [2.05, 4.69) is 30.9 Å². The van der Waals surface area contributed by atoms with Crippen LogP contribution in [0.1, 0.15) is 12.8 Å². The van der Waals surface area contributed by atoms with Gasteiger partial charge in [0.15, 0.2) is 0 Å². The molecule has 30 heavy (non-hydrogen) atoms. The summed E-state index contributed by atoms with van der Waals surface area (Å²) in [6.07, 6.45) is 6.62. The van der Waals surface area contributed by atoms with Crippen LogP contribution < -0.4 is 16.0 Å². The Kier molecular flexibility index (Phi) is 7.06. The minimum Gasteiger partial charge on any atom is -0.376 e. The molecule has 10 heteroatoms. The molecule has 0 aromatic carbocycles. The number of carbonyl (C=O) groups excluding carboxylic acids is 1. The largest absolute Gasteiger partial charge is 0.376 e. The fourth-order valence-electron chi connectivity index (χ4n) is 3.46. The number of ether oxygens (including phenoxy) is 2. The van der Waals surface area contributed by atoms with E-state index in [0.29, 0.717) is 60.8 Å². The first-order valence-electron chi connectivity index (χ1n) is 10.1. The van der Waals surface area contributed by atoms with Crippen molar-refractivity contribution in [2.45, 2.75) is 18.9 Å². The van der Waals surface area contributed by atoms with Gasteiger partial charge in [-0.1, -0.05) is 11.6 Å². The van der Waals surface area contributed by atoms with Crippen LogP contribution in [0.25, 0.3) is 11.3 Å². The van der Waals surface area contributed by atoms with Crippen molar-refractivity contribution >= 4 is 29.1 Å². The number of anilines is 2. The zero-order valence-corrected chi connectivity index (χ0v) is 17.3. The zero-order chi connectivity index (χ0) is 20.8. The first-order valence-corrected chi connectivity index (χ1v) is 10.5. The number of aromatic nitrogens is 3. The van der Waals surface area contributed by atoms with Gasteiger partial charge in [0.1, 0.15) is 11.6 Å². The summed E-state index contributed by atoms with van der Waals surface area (Å²) in [7, 11) is 0. The van der Waals surface area contributed by atoms with E-state index in [1.807, 2.05) is 0 Å². The van der Waals surface area contributed by atoms with E-state index >= 15 is 0 Å². The van der Waals surface area contributed by atoms with Crippen molar-refractivity contribution in [1.82, 2.24) is 20.3 Å². The predicted octanol–water partition coefficient (Wildman–Crippen LogP) is 1.96. The normalized spacial score (nSPS) is 21.8. The molecule has 160 valence electrons. The maximum atomic E-state index is 12.5. The standard InChI is InChI=1S/C20H25ClN6O3/c21-16-9-25-18(27-20(28)13-2-1-3-22-7-13)6-15(16)17-10-23-11-19(26-17)24-8-14-12-29-4-5-30-14/h6,9-11,13-14,22H,1-5,7-8,12H2,(H,24,26)(H,25,27,28). The van der Waals surface area contributed by atoms with Crippen molar-refractivity contribution in [2.24, 2.45) is 5.92 Å². The Balaban J connectivity index is 1.45. The van der Waals surface area contributed by atoms with Gasteiger partial charge in [-0.25, -0.2) is 9.97 Å². The number of carbonyl (C=O) groups is 1. The number of hydrogen-bond donors (Lipinski definition) is 3. The summed E-state index contributed by atoms with van der Waals surface area (Å²) < 4.78 is 11.0. The second-order valence-corrected chi connectivity index (χ2v) is 7.73. The van der Waals surface area contributed by atoms with E-state index in [-0.39, 0.29) is 17.9 Å². The molecule has 2 aliphatic heterocycles. The molecule has 2 aromatic heterocycles. The highest BCUT2D eigenvalue weighted by Crippen LogP contribution is 2.28. The van der Waals surface area contributed by atoms with Gasteiger partial charge in [-0.2, -0.15) is 0 Å². The molecule has 2 atom stereocenters. The lowest BCUT2D eigenvalue weighted by atomic mass is 9.99. The Hall–Kier alpha value is -2.33. The quantitative estimate of drug-likeness (QED) is 0.635. The van der Waals surface area contributed by atoms with E-state index in [1.165, 1.54) is 6.20 Å². The third-order valence-electron chi connectivity index (χ3n) is 5.08. The summed E-state index contributed by atoms with van der Waals surface area (Å²) >= 11 is 6.36. The van der Waals surface area contributed by atoms with E-state index in [4.69, 9.17) is 21.1 Å². The second kappa shape index (κ2) is 10.1. The van der Waals surface area contributed by atoms with Crippen molar-refractivity contribution in [3.05, 3.63) is 29.7 Å². The Morgan fingerprint density at radius 1 is 1.27 bits per heavy atom. The second-order valence-electron chi connectivity index (χ2n) is 7.32. The number of nitrogens with one attached hydrogen (secondary N) is 3. The number of amides is 1. The van der Waals surface area contributed by atoms with Gasteiger partial charge in [0.05, 0.1) is 55.0 Å². The number of hydrogen-bond acceptors (Lipinski definition) is 8. The van der Waals surface area contributed by atoms with Crippen molar-refractivity contribution in [3.63, 3.8) is 0 Å². The molecule has 0 aliphatic carbocycles. The third kappa shape index (κ3) is 5.42. The average Bonchev–Trinajstić information content (AvgIpc) is 2.80. The minimum absolute atomic E-state index is 0.0233. The molecular weight excluding hydrogens is 408 g/mol. The summed E-state index contributed by atoms with van der Waals surface area (Å²) in [5, 5.41) is 9.79. The molecule has 0 radical (unpaired) electrons. The predicted molar refractivity (Wildman–Crippen MR) is 114 cm³/mol. The van der Waals surface area contributed by atoms with Crippen molar-refractivity contribution < 1.29 is 14.3 Å². The number of halogens is 1. The smallest absolute Gasteiger partial charge is 0.229 e. The summed E-state index contributed by atoms with van der Waals surface area (Å²) in [4.78, 5) is 25.6. The third-order valence-corrected chi connectivity index (χ3v) is 5.38. The maximum absolute atomic E-state index is 12.5. The Labute approximate surface area is 179 Å². The van der Waals surface area contributed by atoms with Gasteiger partial charge in [0, 0.05) is 24.8 Å². The molecule has 2 fully saturated rings. The number of piperidine rings is 1. The molecule has 1 amide bonds. The minimum atomic E-state index is -0.0574. The van der Waals surface area contributed by atoms with E-state index in [1.54, 1.807) is 18.5 Å². The van der Waals surface area contributed by atoms with Crippen LogP contribution in [0.3, 0.4) is 0 Å². The highest BCUT2D eigenvalue weighted by Gasteiger charge is 2.21. The molecule has 9 nitrogen and oxygen atoms in total. The van der Waals surface area contributed by atoms with Crippen LogP contribution in [-0.2, 0) is 14.3 Å². The molecule has 2 aromatic rings. The molecule has 4 rings (SSSR count). The van der Waals surface area contributed by atoms with Crippen LogP contribution in [0.2, 0.25) is 5.02 Å². The SMILES string of the molecule is O=C(Nc1cc(-c2cncc(NCC3COCCO3)n2)c(Cl)cn1)C1CCCNC1. The van der Waals surface area contributed by atoms with Gasteiger partial charge in [-0.15, -0.1) is 0 Å². The lowest BCUT2D eigenvalue weighted by Crippen LogP contribution is -2.37. The number of pyridine rings is 1. The van der Waals surface area contributed by atoms with Gasteiger partial charge in [-0.3, -0.25) is 9.78 Å². The molecule has 3 N–H and O–H groups in total. The van der Waals surface area contributed by atoms with Crippen LogP contribution in [0, 0.1) is 5.92 Å². The molecule has 0 saturated carbocycles. The van der Waals surface area contributed by atoms with Gasteiger partial charge >= 0.3 is 0 Å². The number of nitrogens with zero attached hydrogens (tertiary/aromatic N) is 3. The number of rotatable bonds is 6. The monoisotopic (exact) mass is 432 g/mol. The first-order chi connectivity index (χ1) is 14.7. The Bertz CT molecular complexity index is 871. The maximum Gasteiger partial charge on any atom is 0.229 e. The van der Waals surface area contributed by atoms with E-state index < -0.39 is 0 Å². The van der Waals surface area contributed by atoms with Crippen LogP contribution >= 0.6 is 11.6 Å². The van der Waals surface area contributed by atoms with Crippen LogP contribution in [-0.4, -0.2) is 66.4 Å². The zero-order valence-electron chi connectivity index (χ0n) is 16.6. The summed E-state index contributed by atoms with van der Waals surface area (Å²) in [5.41, 5.74) is 1.24. The molecule has 2 unspecified atom stereocenters.